The van der Waals surface area contributed by atoms with Gasteiger partial charge in [-0.15, -0.1) is 0 Å². The Morgan fingerprint density at radius 3 is 2.42 bits per heavy atom. The number of rotatable bonds is 6. The topological polar surface area (TPSA) is 91.6 Å². The minimum Gasteiger partial charge on any atom is -0.451 e. The molecule has 1 fully saturated rings. The van der Waals surface area contributed by atoms with E-state index in [1.54, 1.807) is 6.07 Å². The average Bonchev–Trinajstić information content (AvgIpc) is 3.17. The molecule has 3 aromatic rings. The maximum atomic E-state index is 13.1. The van der Waals surface area contributed by atoms with E-state index in [4.69, 9.17) is 9.40 Å². The number of hydrogen-bond acceptors (Lipinski definition) is 7. The summed E-state index contributed by atoms with van der Waals surface area (Å²) in [4.78, 5) is 38.9. The lowest BCUT2D eigenvalue weighted by atomic mass is 10.1. The van der Waals surface area contributed by atoms with Crippen molar-refractivity contribution in [1.82, 2.24) is 14.9 Å². The summed E-state index contributed by atoms with van der Waals surface area (Å²) >= 11 is 0. The first kappa shape index (κ1) is 22.9. The molecule has 0 bridgehead atoms. The number of ketones is 1. The van der Waals surface area contributed by atoms with Gasteiger partial charge in [0.2, 0.25) is 5.91 Å². The molecular weight excluding hydrogens is 418 g/mol. The molecule has 0 saturated carbocycles. The largest absolute Gasteiger partial charge is 0.451 e. The maximum Gasteiger partial charge on any atom is 0.241 e. The van der Waals surface area contributed by atoms with Crippen LogP contribution in [-0.2, 0) is 4.79 Å². The summed E-state index contributed by atoms with van der Waals surface area (Å²) in [7, 11) is 0. The van der Waals surface area contributed by atoms with Crippen LogP contribution in [0, 0.1) is 6.92 Å². The summed E-state index contributed by atoms with van der Waals surface area (Å²) in [6.07, 6.45) is 0. The first-order valence-corrected chi connectivity index (χ1v) is 11.4. The smallest absolute Gasteiger partial charge is 0.241 e. The lowest BCUT2D eigenvalue weighted by molar-refractivity contribution is -0.120. The second-order valence-corrected chi connectivity index (χ2v) is 8.93. The van der Waals surface area contributed by atoms with Gasteiger partial charge in [0.15, 0.2) is 11.5 Å². The Morgan fingerprint density at radius 1 is 1.06 bits per heavy atom. The summed E-state index contributed by atoms with van der Waals surface area (Å²) in [6, 6.07) is 9.01. The molecule has 4 rings (SSSR count). The number of anilines is 2. The number of fused-ring (bicyclic) bond motifs is 1. The van der Waals surface area contributed by atoms with Gasteiger partial charge in [-0.05, 0) is 26.0 Å². The molecule has 1 aliphatic rings. The predicted octanol–water partition coefficient (Wildman–Crippen LogP) is 4.01. The fourth-order valence-electron chi connectivity index (χ4n) is 4.14. The quantitative estimate of drug-likeness (QED) is 0.569. The van der Waals surface area contributed by atoms with Gasteiger partial charge in [-0.25, -0.2) is 9.97 Å². The van der Waals surface area contributed by atoms with Crippen molar-refractivity contribution in [2.24, 2.45) is 0 Å². The highest BCUT2D eigenvalue weighted by molar-refractivity contribution is 6.11. The van der Waals surface area contributed by atoms with Crippen molar-refractivity contribution in [3.05, 3.63) is 47.6 Å². The highest BCUT2D eigenvalue weighted by Crippen LogP contribution is 2.31. The second-order valence-electron chi connectivity index (χ2n) is 8.93. The first-order valence-electron chi connectivity index (χ1n) is 11.4. The fourth-order valence-corrected chi connectivity index (χ4v) is 4.14. The minimum atomic E-state index is -0.348. The maximum absolute atomic E-state index is 13.1. The van der Waals surface area contributed by atoms with Crippen LogP contribution in [0.25, 0.3) is 11.0 Å². The molecule has 1 aromatic carbocycles. The third-order valence-corrected chi connectivity index (χ3v) is 6.10. The predicted molar refractivity (Wildman–Crippen MR) is 129 cm³/mol. The number of carbonyl (C=O) groups excluding carboxylic acids is 2. The zero-order valence-electron chi connectivity index (χ0n) is 19.9. The molecule has 8 nitrogen and oxygen atoms in total. The molecule has 0 radical (unpaired) electrons. The van der Waals surface area contributed by atoms with Crippen molar-refractivity contribution in [2.75, 3.05) is 36.4 Å². The molecule has 174 valence electrons. The number of carbonyl (C=O) groups is 2. The standard InChI is InChI=1S/C25H31N5O3/c1-15(2)24-26-16(3)14-21(27-24)30-12-10-29(11-13-30)17(4)25(32)28-22-19-8-6-7-9-20(19)33-23(22)18(5)31/h6-9,14-15,17H,10-13H2,1-5H3,(H,28,32). The number of nitrogens with zero attached hydrogens (tertiary/aromatic N) is 4. The SMILES string of the molecule is CC(=O)c1oc2ccccc2c1NC(=O)C(C)N1CCN(c2cc(C)nc(C(C)C)n2)CC1. The van der Waals surface area contributed by atoms with E-state index in [2.05, 4.69) is 33.9 Å². The number of para-hydroxylation sites is 1. The highest BCUT2D eigenvalue weighted by Gasteiger charge is 2.28. The monoisotopic (exact) mass is 449 g/mol. The lowest BCUT2D eigenvalue weighted by Crippen LogP contribution is -2.53. The number of aryl methyl sites for hydroxylation is 1. The molecule has 1 unspecified atom stereocenters. The fraction of sp³-hybridized carbons (Fsp3) is 0.440. The lowest BCUT2D eigenvalue weighted by Gasteiger charge is -2.38. The summed E-state index contributed by atoms with van der Waals surface area (Å²) in [5.74, 6) is 1.88. The van der Waals surface area contributed by atoms with Crippen LogP contribution < -0.4 is 10.2 Å². The van der Waals surface area contributed by atoms with Crippen LogP contribution in [0.4, 0.5) is 11.5 Å². The summed E-state index contributed by atoms with van der Waals surface area (Å²) in [5, 5.41) is 3.68. The van der Waals surface area contributed by atoms with Gasteiger partial charge in [-0.3, -0.25) is 14.5 Å². The molecule has 1 aliphatic heterocycles. The van der Waals surface area contributed by atoms with Gasteiger partial charge in [-0.2, -0.15) is 0 Å². The van der Waals surface area contributed by atoms with Gasteiger partial charge < -0.3 is 14.6 Å². The van der Waals surface area contributed by atoms with Crippen molar-refractivity contribution >= 4 is 34.2 Å². The van der Waals surface area contributed by atoms with Gasteiger partial charge in [0.25, 0.3) is 0 Å². The second kappa shape index (κ2) is 9.31. The molecule has 1 atom stereocenters. The van der Waals surface area contributed by atoms with E-state index in [-0.39, 0.29) is 29.4 Å². The number of nitrogens with one attached hydrogen (secondary N) is 1. The Kier molecular flexibility index (Phi) is 6.47. The van der Waals surface area contributed by atoms with E-state index in [1.165, 1.54) is 6.92 Å². The minimum absolute atomic E-state index is 0.155. The van der Waals surface area contributed by atoms with Crippen molar-refractivity contribution in [2.45, 2.75) is 46.6 Å². The summed E-state index contributed by atoms with van der Waals surface area (Å²) in [5.41, 5.74) is 2.00. The summed E-state index contributed by atoms with van der Waals surface area (Å²) < 4.78 is 5.69. The number of benzene rings is 1. The van der Waals surface area contributed by atoms with E-state index >= 15 is 0 Å². The molecular formula is C25H31N5O3. The Hall–Kier alpha value is -3.26. The normalized spacial score (nSPS) is 15.8. The number of hydrogen-bond donors (Lipinski definition) is 1. The van der Waals surface area contributed by atoms with Crippen molar-refractivity contribution in [3.63, 3.8) is 0 Å². The van der Waals surface area contributed by atoms with E-state index in [9.17, 15) is 9.59 Å². The molecule has 1 saturated heterocycles. The Labute approximate surface area is 194 Å². The van der Waals surface area contributed by atoms with Crippen molar-refractivity contribution in [3.8, 4) is 0 Å². The third kappa shape index (κ3) is 4.75. The van der Waals surface area contributed by atoms with Crippen LogP contribution in [-0.4, -0.2) is 58.8 Å². The zero-order valence-corrected chi connectivity index (χ0v) is 19.9. The molecule has 33 heavy (non-hydrogen) atoms. The number of aromatic nitrogens is 2. The Bertz CT molecular complexity index is 1180. The van der Waals surface area contributed by atoms with Crippen LogP contribution >= 0.6 is 0 Å². The third-order valence-electron chi connectivity index (χ3n) is 6.10. The van der Waals surface area contributed by atoms with E-state index in [1.807, 2.05) is 38.1 Å². The van der Waals surface area contributed by atoms with E-state index < -0.39 is 0 Å². The molecule has 8 heteroatoms. The van der Waals surface area contributed by atoms with Crippen LogP contribution in [0.1, 0.15) is 55.7 Å². The van der Waals surface area contributed by atoms with Gasteiger partial charge in [-0.1, -0.05) is 26.0 Å². The van der Waals surface area contributed by atoms with Crippen LogP contribution in [0.15, 0.2) is 34.7 Å². The number of Topliss-reactive ketones (excluding diaryl/α,β-unsaturated/α-hetero) is 1. The van der Waals surface area contributed by atoms with Gasteiger partial charge in [0, 0.05) is 56.2 Å². The van der Waals surface area contributed by atoms with Gasteiger partial charge in [0.1, 0.15) is 17.2 Å². The Balaban J connectivity index is 1.44. The first-order chi connectivity index (χ1) is 15.7. The van der Waals surface area contributed by atoms with Crippen molar-refractivity contribution < 1.29 is 14.0 Å². The molecule has 2 aromatic heterocycles. The highest BCUT2D eigenvalue weighted by atomic mass is 16.3. The van der Waals surface area contributed by atoms with Crippen LogP contribution in [0.3, 0.4) is 0 Å². The molecule has 1 N–H and O–H groups in total. The number of amides is 1. The average molecular weight is 450 g/mol. The van der Waals surface area contributed by atoms with Crippen LogP contribution in [0.2, 0.25) is 0 Å². The van der Waals surface area contributed by atoms with Crippen LogP contribution in [0.5, 0.6) is 0 Å². The zero-order chi connectivity index (χ0) is 23.7. The molecule has 1 amide bonds. The van der Waals surface area contributed by atoms with Gasteiger partial charge in [0.05, 0.1) is 11.7 Å². The van der Waals surface area contributed by atoms with Crippen molar-refractivity contribution in [1.29, 1.82) is 0 Å². The molecule has 0 aliphatic carbocycles. The molecule has 3 heterocycles. The summed E-state index contributed by atoms with van der Waals surface area (Å²) in [6.45, 7) is 12.5. The number of piperazine rings is 1. The Morgan fingerprint density at radius 2 is 1.76 bits per heavy atom. The number of furan rings is 1. The molecule has 0 spiro atoms. The van der Waals surface area contributed by atoms with Gasteiger partial charge >= 0.3 is 0 Å². The van der Waals surface area contributed by atoms with E-state index in [0.717, 1.165) is 48.9 Å². The van der Waals surface area contributed by atoms with E-state index in [0.29, 0.717) is 11.3 Å².